The maximum Gasteiger partial charge on any atom is 0.313 e. The van der Waals surface area contributed by atoms with E-state index in [2.05, 4.69) is 34.1 Å². The molecule has 1 saturated heterocycles. The van der Waals surface area contributed by atoms with Crippen molar-refractivity contribution in [2.24, 2.45) is 16.7 Å². The number of nitrogens with zero attached hydrogens (tertiary/aromatic N) is 4. The van der Waals surface area contributed by atoms with Crippen LogP contribution >= 0.6 is 19.0 Å². The Balaban J connectivity index is 1.26. The number of aliphatic hydroxyl groups excluding tert-OH is 2. The highest BCUT2D eigenvalue weighted by Crippen LogP contribution is 2.67. The van der Waals surface area contributed by atoms with E-state index in [9.17, 15) is 24.5 Å². The third kappa shape index (κ3) is 4.97. The van der Waals surface area contributed by atoms with Crippen LogP contribution in [0, 0.1) is 16.7 Å². The van der Waals surface area contributed by atoms with Crippen LogP contribution in [-0.2, 0) is 14.1 Å². The largest absolute Gasteiger partial charge is 0.481 e. The van der Waals surface area contributed by atoms with Crippen LogP contribution in [0.1, 0.15) is 65.0 Å². The van der Waals surface area contributed by atoms with E-state index in [1.54, 1.807) is 0 Å². The van der Waals surface area contributed by atoms with Crippen molar-refractivity contribution in [2.75, 3.05) is 17.6 Å². The van der Waals surface area contributed by atoms with Gasteiger partial charge in [-0.05, 0) is 73.3 Å². The van der Waals surface area contributed by atoms with E-state index in [0.717, 1.165) is 19.3 Å². The molecular formula is C25H35ClN5O7P. The van der Waals surface area contributed by atoms with Gasteiger partial charge in [-0.25, -0.2) is 4.98 Å². The van der Waals surface area contributed by atoms with E-state index in [1.807, 2.05) is 0 Å². The molecule has 0 aromatic carbocycles. The van der Waals surface area contributed by atoms with Crippen molar-refractivity contribution in [3.05, 3.63) is 11.6 Å². The van der Waals surface area contributed by atoms with Gasteiger partial charge in [-0.3, -0.25) is 13.9 Å². The molecule has 9 atom stereocenters. The zero-order chi connectivity index (χ0) is 28.0. The van der Waals surface area contributed by atoms with Crippen LogP contribution in [-0.4, -0.2) is 81.9 Å². The second kappa shape index (κ2) is 9.09. The van der Waals surface area contributed by atoms with Crippen molar-refractivity contribution in [1.29, 1.82) is 0 Å². The lowest BCUT2D eigenvalue weighted by Gasteiger charge is -2.65. The number of aliphatic hydroxyl groups is 2. The smallest absolute Gasteiger partial charge is 0.313 e. The Morgan fingerprint density at radius 2 is 1.87 bits per heavy atom. The summed E-state index contributed by atoms with van der Waals surface area (Å²) in [5.41, 5.74) is 1.25. The van der Waals surface area contributed by atoms with Crippen molar-refractivity contribution < 1.29 is 34.3 Å². The minimum atomic E-state index is -3.96. The summed E-state index contributed by atoms with van der Waals surface area (Å²) >= 11 is 6.37. The van der Waals surface area contributed by atoms with E-state index < -0.39 is 44.0 Å². The Morgan fingerprint density at radius 1 is 1.18 bits per heavy atom. The first-order valence-electron chi connectivity index (χ1n) is 13.4. The van der Waals surface area contributed by atoms with Crippen LogP contribution in [0.5, 0.6) is 0 Å². The molecule has 4 saturated carbocycles. The normalized spacial score (nSPS) is 40.7. The second-order valence-electron chi connectivity index (χ2n) is 13.2. The van der Waals surface area contributed by atoms with E-state index >= 15 is 0 Å². The zero-order valence-corrected chi connectivity index (χ0v) is 23.6. The van der Waals surface area contributed by atoms with Crippen molar-refractivity contribution >= 4 is 41.9 Å². The van der Waals surface area contributed by atoms with Gasteiger partial charge in [-0.2, -0.15) is 9.97 Å². The van der Waals surface area contributed by atoms with Gasteiger partial charge < -0.3 is 30.3 Å². The molecule has 0 amide bonds. The highest BCUT2D eigenvalue weighted by Gasteiger charge is 2.60. The number of carbonyl (C=O) groups is 1. The SMILES string of the molecule is C[C@]12C[C@@H]3C[C@](C)(C1)C[C@@](Nc1nc(Cl)nc4c1ncn4[C@@H]1O[C@H](CCP(=O)(O)CC(=O)O)C(O)C1O)(C3)C2. The van der Waals surface area contributed by atoms with Gasteiger partial charge >= 0.3 is 5.97 Å². The number of aromatic nitrogens is 4. The average molecular weight is 584 g/mol. The van der Waals surface area contributed by atoms with E-state index in [0.29, 0.717) is 22.9 Å². The number of aliphatic carboxylic acids is 1. The van der Waals surface area contributed by atoms with Gasteiger partial charge in [-0.15, -0.1) is 0 Å². The van der Waals surface area contributed by atoms with Crippen LogP contribution < -0.4 is 5.32 Å². The molecule has 214 valence electrons. The number of imidazole rings is 1. The molecule has 5 aliphatic rings. The summed E-state index contributed by atoms with van der Waals surface area (Å²) in [6.45, 7) is 4.78. The van der Waals surface area contributed by atoms with E-state index in [1.165, 1.54) is 30.2 Å². The van der Waals surface area contributed by atoms with Crippen LogP contribution in [0.4, 0.5) is 5.82 Å². The van der Waals surface area contributed by atoms with Crippen LogP contribution in [0.15, 0.2) is 6.33 Å². The lowest BCUT2D eigenvalue weighted by Crippen LogP contribution is -2.61. The number of ether oxygens (including phenoxy) is 1. The Kier molecular flexibility index (Phi) is 6.38. The van der Waals surface area contributed by atoms with Crippen LogP contribution in [0.2, 0.25) is 5.28 Å². The first-order chi connectivity index (χ1) is 18.2. The quantitative estimate of drug-likeness (QED) is 0.228. The lowest BCUT2D eigenvalue weighted by molar-refractivity contribution is -0.134. The maximum absolute atomic E-state index is 12.2. The molecule has 0 spiro atoms. The maximum atomic E-state index is 12.2. The number of rotatable bonds is 8. The van der Waals surface area contributed by atoms with Gasteiger partial charge in [0.1, 0.15) is 18.4 Å². The molecule has 39 heavy (non-hydrogen) atoms. The number of carboxylic acid groups (broad SMARTS) is 1. The number of nitrogens with one attached hydrogen (secondary N) is 1. The first-order valence-corrected chi connectivity index (χ1v) is 15.8. The fourth-order valence-electron chi connectivity index (χ4n) is 8.82. The van der Waals surface area contributed by atoms with Gasteiger partial charge in [0, 0.05) is 11.7 Å². The Labute approximate surface area is 230 Å². The molecule has 0 radical (unpaired) electrons. The first kappa shape index (κ1) is 27.4. The summed E-state index contributed by atoms with van der Waals surface area (Å²) in [6.07, 6.45) is 2.20. The number of hydrogen-bond donors (Lipinski definition) is 5. The monoisotopic (exact) mass is 583 g/mol. The van der Waals surface area contributed by atoms with Crippen molar-refractivity contribution in [3.63, 3.8) is 0 Å². The summed E-state index contributed by atoms with van der Waals surface area (Å²) in [6, 6.07) is 0. The van der Waals surface area contributed by atoms with E-state index in [4.69, 9.17) is 21.4 Å². The lowest BCUT2D eigenvalue weighted by atomic mass is 9.43. The average Bonchev–Trinajstić information content (AvgIpc) is 3.30. The molecule has 4 aliphatic carbocycles. The molecule has 2 aromatic heterocycles. The molecular weight excluding hydrogens is 549 g/mol. The molecule has 1 aliphatic heterocycles. The Bertz CT molecular complexity index is 1350. The molecule has 3 unspecified atom stereocenters. The predicted molar refractivity (Wildman–Crippen MR) is 142 cm³/mol. The second-order valence-corrected chi connectivity index (χ2v) is 16.0. The minimum Gasteiger partial charge on any atom is -0.481 e. The number of halogens is 1. The highest BCUT2D eigenvalue weighted by atomic mass is 35.5. The number of hydrogen-bond acceptors (Lipinski definition) is 9. The predicted octanol–water partition coefficient (Wildman–Crippen LogP) is 3.00. The number of fused-ring (bicyclic) bond motifs is 1. The van der Waals surface area contributed by atoms with Crippen molar-refractivity contribution in [2.45, 2.75) is 88.9 Å². The molecule has 2 aromatic rings. The van der Waals surface area contributed by atoms with Crippen LogP contribution in [0.3, 0.4) is 0 Å². The van der Waals surface area contributed by atoms with Gasteiger partial charge in [-0.1, -0.05) is 13.8 Å². The number of carboxylic acids is 1. The van der Waals surface area contributed by atoms with Gasteiger partial charge in [0.15, 0.2) is 23.2 Å². The molecule has 14 heteroatoms. The third-order valence-corrected chi connectivity index (χ3v) is 11.1. The summed E-state index contributed by atoms with van der Waals surface area (Å²) in [7, 11) is -3.96. The van der Waals surface area contributed by atoms with Crippen molar-refractivity contribution in [1.82, 2.24) is 19.5 Å². The molecule has 3 heterocycles. The fraction of sp³-hybridized carbons (Fsp3) is 0.760. The summed E-state index contributed by atoms with van der Waals surface area (Å²) in [5, 5.41) is 34.0. The summed E-state index contributed by atoms with van der Waals surface area (Å²) in [4.78, 5) is 34.2. The zero-order valence-electron chi connectivity index (χ0n) is 22.0. The topological polar surface area (TPSA) is 180 Å². The van der Waals surface area contributed by atoms with Gasteiger partial charge in [0.2, 0.25) is 12.7 Å². The minimum absolute atomic E-state index is 0.00776. The van der Waals surface area contributed by atoms with Crippen molar-refractivity contribution in [3.8, 4) is 0 Å². The molecule has 4 bridgehead atoms. The number of anilines is 1. The third-order valence-electron chi connectivity index (χ3n) is 9.16. The summed E-state index contributed by atoms with van der Waals surface area (Å²) in [5.74, 6) is -0.189. The Morgan fingerprint density at radius 3 is 2.51 bits per heavy atom. The molecule has 12 nitrogen and oxygen atoms in total. The van der Waals surface area contributed by atoms with Gasteiger partial charge in [0.25, 0.3) is 0 Å². The standard InChI is InChI=1S/C25H35ClN5O7P/c1-23-5-13-6-24(2,9-23)11-25(7-13,10-23)30-19-16-20(29-22(26)28-19)31(12-27-16)21-18(35)17(34)14(38-21)3-4-39(36,37)8-15(32)33/h12-14,17-18,21,34-35H,3-11H2,1-2H3,(H,32,33)(H,36,37)(H,28,29,30)/t13-,14-,17?,18?,21-,23+,24-,25-/m1/s1. The van der Waals surface area contributed by atoms with E-state index in [-0.39, 0.29) is 34.2 Å². The fourth-order valence-corrected chi connectivity index (χ4v) is 10.2. The molecule has 5 N–H and O–H groups in total. The Hall–Kier alpha value is -1.82. The van der Waals surface area contributed by atoms with Gasteiger partial charge in [0.05, 0.1) is 12.4 Å². The molecule has 5 fully saturated rings. The molecule has 7 rings (SSSR count). The van der Waals surface area contributed by atoms with Crippen LogP contribution in [0.25, 0.3) is 11.2 Å². The summed E-state index contributed by atoms with van der Waals surface area (Å²) < 4.78 is 19.5. The highest BCUT2D eigenvalue weighted by molar-refractivity contribution is 7.58.